The smallest absolute Gasteiger partial charge is 0.253 e. The predicted molar refractivity (Wildman–Crippen MR) is 123 cm³/mol. The van der Waals surface area contributed by atoms with Crippen molar-refractivity contribution in [2.45, 2.75) is 6.42 Å². The Bertz CT molecular complexity index is 1050. The van der Waals surface area contributed by atoms with Crippen LogP contribution in [-0.4, -0.2) is 25.4 Å². The Labute approximate surface area is 181 Å². The lowest BCUT2D eigenvalue weighted by Gasteiger charge is -2.19. The molecule has 152 valence electrons. The molecule has 0 saturated heterocycles. The molecule has 4 nitrogen and oxygen atoms in total. The van der Waals surface area contributed by atoms with Crippen molar-refractivity contribution in [2.24, 2.45) is 0 Å². The van der Waals surface area contributed by atoms with Gasteiger partial charge < -0.3 is 10.2 Å². The number of likely N-dealkylation sites (N-methyl/N-ethyl adjacent to an activating group) is 1. The minimum Gasteiger partial charge on any atom is -0.352 e. The van der Waals surface area contributed by atoms with Gasteiger partial charge >= 0.3 is 0 Å². The van der Waals surface area contributed by atoms with E-state index in [1.165, 1.54) is 11.0 Å². The van der Waals surface area contributed by atoms with Crippen LogP contribution in [0, 0.1) is 0 Å². The second-order valence-corrected chi connectivity index (χ2v) is 7.17. The summed E-state index contributed by atoms with van der Waals surface area (Å²) >= 11 is 6.13. The van der Waals surface area contributed by atoms with Gasteiger partial charge in [-0.15, -0.1) is 0 Å². The summed E-state index contributed by atoms with van der Waals surface area (Å²) in [4.78, 5) is 26.8. The number of benzene rings is 3. The van der Waals surface area contributed by atoms with Crippen LogP contribution in [0.15, 0.2) is 84.9 Å². The number of para-hydroxylation sites is 1. The summed E-state index contributed by atoms with van der Waals surface area (Å²) < 4.78 is 0. The van der Waals surface area contributed by atoms with E-state index in [1.54, 1.807) is 43.5 Å². The highest BCUT2D eigenvalue weighted by Gasteiger charge is 2.16. The molecule has 2 amide bonds. The molecule has 30 heavy (non-hydrogen) atoms. The summed E-state index contributed by atoms with van der Waals surface area (Å²) in [5.74, 6) is -0.462. The first-order valence-corrected chi connectivity index (χ1v) is 10.1. The Morgan fingerprint density at radius 2 is 1.60 bits per heavy atom. The van der Waals surface area contributed by atoms with Gasteiger partial charge in [0.2, 0.25) is 0 Å². The molecule has 1 N–H and O–H groups in total. The third-order valence-electron chi connectivity index (χ3n) is 4.69. The first-order chi connectivity index (χ1) is 14.6. The largest absolute Gasteiger partial charge is 0.352 e. The molecule has 3 aromatic rings. The van der Waals surface area contributed by atoms with Crippen LogP contribution >= 0.6 is 11.6 Å². The molecule has 0 heterocycles. The lowest BCUT2D eigenvalue weighted by molar-refractivity contribution is -0.113. The molecule has 0 bridgehead atoms. The van der Waals surface area contributed by atoms with E-state index < -0.39 is 0 Å². The highest BCUT2D eigenvalue weighted by molar-refractivity contribution is 6.32. The summed E-state index contributed by atoms with van der Waals surface area (Å²) in [6.07, 6.45) is 3.86. The molecule has 0 unspecified atom stereocenters. The number of amides is 2. The van der Waals surface area contributed by atoms with E-state index in [0.717, 1.165) is 17.5 Å². The van der Waals surface area contributed by atoms with E-state index in [2.05, 4.69) is 5.32 Å². The molecule has 0 spiro atoms. The minimum absolute atomic E-state index is 0.212. The number of carbonyl (C=O) groups excluding carboxylic acids is 2. The quantitative estimate of drug-likeness (QED) is 0.549. The van der Waals surface area contributed by atoms with Crippen molar-refractivity contribution in [2.75, 3.05) is 18.5 Å². The topological polar surface area (TPSA) is 49.4 Å². The fraction of sp³-hybridized carbons (Fsp3) is 0.120. The van der Waals surface area contributed by atoms with Gasteiger partial charge in [-0.25, -0.2) is 0 Å². The Balaban J connectivity index is 1.68. The molecule has 5 heteroatoms. The molecule has 0 saturated carbocycles. The highest BCUT2D eigenvalue weighted by atomic mass is 35.5. The fourth-order valence-corrected chi connectivity index (χ4v) is 3.22. The summed E-state index contributed by atoms with van der Waals surface area (Å²) in [6, 6.07) is 24.3. The van der Waals surface area contributed by atoms with Crippen molar-refractivity contribution in [1.82, 2.24) is 5.32 Å². The molecule has 0 aromatic heterocycles. The number of nitrogens with one attached hydrogen (secondary N) is 1. The molecule has 3 rings (SSSR count). The molecule has 0 fully saturated rings. The van der Waals surface area contributed by atoms with Crippen LogP contribution in [0.4, 0.5) is 5.69 Å². The van der Waals surface area contributed by atoms with Gasteiger partial charge in [-0.1, -0.05) is 72.3 Å². The van der Waals surface area contributed by atoms with Crippen molar-refractivity contribution < 1.29 is 9.59 Å². The van der Waals surface area contributed by atoms with Crippen LogP contribution in [0.2, 0.25) is 5.02 Å². The maximum Gasteiger partial charge on any atom is 0.253 e. The number of anilines is 1. The number of nitrogens with zero attached hydrogens (tertiary/aromatic N) is 1. The van der Waals surface area contributed by atoms with Crippen molar-refractivity contribution in [1.29, 1.82) is 0 Å². The number of hydrogen-bond donors (Lipinski definition) is 1. The van der Waals surface area contributed by atoms with Gasteiger partial charge in [-0.05, 0) is 41.8 Å². The highest BCUT2D eigenvalue weighted by Crippen LogP contribution is 2.21. The maximum atomic E-state index is 12.7. The average Bonchev–Trinajstić information content (AvgIpc) is 2.78. The summed E-state index contributed by atoms with van der Waals surface area (Å²) in [7, 11) is 1.65. The molecular weight excluding hydrogens is 396 g/mol. The van der Waals surface area contributed by atoms with Crippen LogP contribution < -0.4 is 10.2 Å². The Hall–Kier alpha value is -3.37. The monoisotopic (exact) mass is 418 g/mol. The van der Waals surface area contributed by atoms with E-state index in [9.17, 15) is 9.59 Å². The Morgan fingerprint density at radius 3 is 2.37 bits per heavy atom. The standard InChI is InChI=1S/C25H23ClN2O2/c1-28(24(29)16-15-20-11-5-7-13-22(20)26)23-14-8-6-12-21(23)25(30)27-18-17-19-9-3-2-4-10-19/h2-16H,17-18H2,1H3,(H,27,30)/b16-15+. The van der Waals surface area contributed by atoms with Gasteiger partial charge in [0.05, 0.1) is 11.3 Å². The van der Waals surface area contributed by atoms with E-state index in [1.807, 2.05) is 48.5 Å². The van der Waals surface area contributed by atoms with Crippen LogP contribution in [-0.2, 0) is 11.2 Å². The van der Waals surface area contributed by atoms with Crippen LogP contribution in [0.3, 0.4) is 0 Å². The fourth-order valence-electron chi connectivity index (χ4n) is 3.02. The average molecular weight is 419 g/mol. The number of carbonyl (C=O) groups is 2. The molecule has 0 aliphatic carbocycles. The second-order valence-electron chi connectivity index (χ2n) is 6.76. The zero-order chi connectivity index (χ0) is 21.3. The van der Waals surface area contributed by atoms with Crippen LogP contribution in [0.1, 0.15) is 21.5 Å². The SMILES string of the molecule is CN(C(=O)/C=C/c1ccccc1Cl)c1ccccc1C(=O)NCCc1ccccc1. The van der Waals surface area contributed by atoms with Gasteiger partial charge in [0.15, 0.2) is 0 Å². The summed E-state index contributed by atoms with van der Waals surface area (Å²) in [6.45, 7) is 0.515. The zero-order valence-corrected chi connectivity index (χ0v) is 17.5. The molecule has 0 atom stereocenters. The Kier molecular flexibility index (Phi) is 7.41. The van der Waals surface area contributed by atoms with E-state index in [-0.39, 0.29) is 11.8 Å². The number of rotatable bonds is 7. The molecule has 3 aromatic carbocycles. The van der Waals surface area contributed by atoms with Gasteiger partial charge in [-0.2, -0.15) is 0 Å². The first-order valence-electron chi connectivity index (χ1n) is 9.67. The van der Waals surface area contributed by atoms with Crippen molar-refractivity contribution in [3.05, 3.63) is 107 Å². The van der Waals surface area contributed by atoms with E-state index in [0.29, 0.717) is 22.8 Å². The van der Waals surface area contributed by atoms with Crippen molar-refractivity contribution in [3.8, 4) is 0 Å². The lowest BCUT2D eigenvalue weighted by atomic mass is 10.1. The van der Waals surface area contributed by atoms with Gasteiger partial charge in [-0.3, -0.25) is 9.59 Å². The van der Waals surface area contributed by atoms with Gasteiger partial charge in [0, 0.05) is 24.7 Å². The molecule has 0 aliphatic rings. The van der Waals surface area contributed by atoms with Crippen molar-refractivity contribution >= 4 is 35.2 Å². The predicted octanol–water partition coefficient (Wildman–Crippen LogP) is 4.99. The molecule has 0 aliphatic heterocycles. The first kappa shape index (κ1) is 21.3. The maximum absolute atomic E-state index is 12.7. The van der Waals surface area contributed by atoms with Crippen LogP contribution in [0.25, 0.3) is 6.08 Å². The second kappa shape index (κ2) is 10.4. The Morgan fingerprint density at radius 1 is 0.933 bits per heavy atom. The summed E-state index contributed by atoms with van der Waals surface area (Å²) in [5, 5.41) is 3.51. The number of halogens is 1. The third-order valence-corrected chi connectivity index (χ3v) is 5.04. The lowest BCUT2D eigenvalue weighted by Crippen LogP contribution is -2.30. The third kappa shape index (κ3) is 5.58. The normalized spacial score (nSPS) is 10.7. The van der Waals surface area contributed by atoms with E-state index >= 15 is 0 Å². The number of hydrogen-bond acceptors (Lipinski definition) is 2. The summed E-state index contributed by atoms with van der Waals surface area (Å²) in [5.41, 5.74) is 2.91. The van der Waals surface area contributed by atoms with E-state index in [4.69, 9.17) is 11.6 Å². The zero-order valence-electron chi connectivity index (χ0n) is 16.7. The van der Waals surface area contributed by atoms with Crippen LogP contribution in [0.5, 0.6) is 0 Å². The molecular formula is C25H23ClN2O2. The minimum atomic E-state index is -0.251. The van der Waals surface area contributed by atoms with Gasteiger partial charge in [0.1, 0.15) is 0 Å². The van der Waals surface area contributed by atoms with Gasteiger partial charge in [0.25, 0.3) is 11.8 Å². The van der Waals surface area contributed by atoms with Crippen molar-refractivity contribution in [3.63, 3.8) is 0 Å². The molecule has 0 radical (unpaired) electrons.